The molecule has 16 heavy (non-hydrogen) atoms. The molecule has 0 aromatic rings. The zero-order valence-electron chi connectivity index (χ0n) is 11.5. The molecule has 0 aliphatic heterocycles. The van der Waals surface area contributed by atoms with Gasteiger partial charge in [-0.1, -0.05) is 33.6 Å². The summed E-state index contributed by atoms with van der Waals surface area (Å²) < 4.78 is 0. The Morgan fingerprint density at radius 1 is 1.12 bits per heavy atom. The third kappa shape index (κ3) is 4.42. The van der Waals surface area contributed by atoms with Crippen molar-refractivity contribution in [3.05, 3.63) is 0 Å². The molecule has 0 heterocycles. The highest BCUT2D eigenvalue weighted by Gasteiger charge is 2.20. The minimum absolute atomic E-state index is 0.724. The number of hydrogen-bond donors (Lipinski definition) is 1. The van der Waals surface area contributed by atoms with E-state index in [1.165, 1.54) is 51.6 Å². The average molecular weight is 226 g/mol. The van der Waals surface area contributed by atoms with Crippen LogP contribution in [0.2, 0.25) is 0 Å². The van der Waals surface area contributed by atoms with Crippen molar-refractivity contribution < 1.29 is 0 Å². The van der Waals surface area contributed by atoms with Gasteiger partial charge in [-0.3, -0.25) is 4.90 Å². The number of rotatable bonds is 8. The fraction of sp³-hybridized carbons (Fsp3) is 1.00. The van der Waals surface area contributed by atoms with Gasteiger partial charge in [0.15, 0.2) is 0 Å². The summed E-state index contributed by atoms with van der Waals surface area (Å²) in [7, 11) is 0. The quantitative estimate of drug-likeness (QED) is 0.684. The largest absolute Gasteiger partial charge is 0.313 e. The van der Waals surface area contributed by atoms with Gasteiger partial charge >= 0.3 is 0 Å². The Labute approximate surface area is 102 Å². The van der Waals surface area contributed by atoms with Crippen molar-refractivity contribution in [2.24, 2.45) is 0 Å². The number of nitrogens with one attached hydrogen (secondary N) is 1. The van der Waals surface area contributed by atoms with Gasteiger partial charge in [0.25, 0.3) is 0 Å². The standard InChI is InChI=1S/C14H30N2/c1-4-13(5-2)15-11-12-16(6-3)14-9-7-8-10-14/h13-15H,4-12H2,1-3H3. The fourth-order valence-electron chi connectivity index (χ4n) is 2.86. The number of nitrogens with zero attached hydrogens (tertiary/aromatic N) is 1. The van der Waals surface area contributed by atoms with Crippen LogP contribution in [0.25, 0.3) is 0 Å². The normalized spacial score (nSPS) is 17.8. The summed E-state index contributed by atoms with van der Waals surface area (Å²) >= 11 is 0. The lowest BCUT2D eigenvalue weighted by Gasteiger charge is -2.28. The summed E-state index contributed by atoms with van der Waals surface area (Å²) in [6, 6.07) is 1.61. The van der Waals surface area contributed by atoms with Gasteiger partial charge in [-0.25, -0.2) is 0 Å². The SMILES string of the molecule is CCC(CC)NCCN(CC)C1CCCC1. The highest BCUT2D eigenvalue weighted by molar-refractivity contribution is 4.77. The first-order chi connectivity index (χ1) is 7.81. The van der Waals surface area contributed by atoms with E-state index in [1.807, 2.05) is 0 Å². The van der Waals surface area contributed by atoms with Crippen LogP contribution in [-0.4, -0.2) is 36.6 Å². The van der Waals surface area contributed by atoms with Crippen LogP contribution in [0.3, 0.4) is 0 Å². The molecule has 1 aliphatic carbocycles. The van der Waals surface area contributed by atoms with Crippen LogP contribution < -0.4 is 5.32 Å². The lowest BCUT2D eigenvalue weighted by atomic mass is 10.1. The lowest BCUT2D eigenvalue weighted by molar-refractivity contribution is 0.206. The Morgan fingerprint density at radius 2 is 1.75 bits per heavy atom. The molecule has 1 rings (SSSR count). The van der Waals surface area contributed by atoms with Gasteiger partial charge in [-0.2, -0.15) is 0 Å². The first-order valence-corrected chi connectivity index (χ1v) is 7.29. The molecule has 0 unspecified atom stereocenters. The van der Waals surface area contributed by atoms with E-state index < -0.39 is 0 Å². The molecule has 0 radical (unpaired) electrons. The van der Waals surface area contributed by atoms with Gasteiger partial charge in [0.1, 0.15) is 0 Å². The van der Waals surface area contributed by atoms with E-state index >= 15 is 0 Å². The molecule has 1 saturated carbocycles. The predicted molar refractivity (Wildman–Crippen MR) is 71.9 cm³/mol. The summed E-state index contributed by atoms with van der Waals surface area (Å²) in [4.78, 5) is 2.67. The van der Waals surface area contributed by atoms with E-state index in [4.69, 9.17) is 0 Å². The fourth-order valence-corrected chi connectivity index (χ4v) is 2.86. The van der Waals surface area contributed by atoms with Gasteiger partial charge in [0.2, 0.25) is 0 Å². The second-order valence-corrected chi connectivity index (χ2v) is 5.03. The Morgan fingerprint density at radius 3 is 2.25 bits per heavy atom. The van der Waals surface area contributed by atoms with Gasteiger partial charge in [0.05, 0.1) is 0 Å². The lowest BCUT2D eigenvalue weighted by Crippen LogP contribution is -2.40. The Hall–Kier alpha value is -0.0800. The molecule has 96 valence electrons. The smallest absolute Gasteiger partial charge is 0.0110 e. The van der Waals surface area contributed by atoms with Crippen molar-refractivity contribution in [3.63, 3.8) is 0 Å². The molecule has 2 heteroatoms. The van der Waals surface area contributed by atoms with Crippen LogP contribution in [0, 0.1) is 0 Å². The van der Waals surface area contributed by atoms with Crippen LogP contribution >= 0.6 is 0 Å². The summed E-state index contributed by atoms with van der Waals surface area (Å²) in [6.07, 6.45) is 8.26. The second-order valence-electron chi connectivity index (χ2n) is 5.03. The second kappa shape index (κ2) is 8.08. The van der Waals surface area contributed by atoms with Gasteiger partial charge in [0, 0.05) is 25.2 Å². The third-order valence-electron chi connectivity index (χ3n) is 4.06. The first kappa shape index (κ1) is 14.0. The molecular weight excluding hydrogens is 196 g/mol. The molecule has 0 spiro atoms. The molecule has 0 aromatic carbocycles. The summed E-state index contributed by atoms with van der Waals surface area (Å²) in [5.41, 5.74) is 0. The minimum atomic E-state index is 0.724. The topological polar surface area (TPSA) is 15.3 Å². The van der Waals surface area contributed by atoms with Crippen molar-refractivity contribution in [3.8, 4) is 0 Å². The van der Waals surface area contributed by atoms with Crippen LogP contribution in [0.1, 0.15) is 59.3 Å². The predicted octanol–water partition coefficient (Wildman–Crippen LogP) is 3.03. The van der Waals surface area contributed by atoms with E-state index in [0.717, 1.165) is 18.6 Å². The van der Waals surface area contributed by atoms with Gasteiger partial charge in [-0.05, 0) is 32.2 Å². The van der Waals surface area contributed by atoms with E-state index in [-0.39, 0.29) is 0 Å². The minimum Gasteiger partial charge on any atom is -0.313 e. The molecule has 1 fully saturated rings. The van der Waals surface area contributed by atoms with Crippen molar-refractivity contribution >= 4 is 0 Å². The van der Waals surface area contributed by atoms with Gasteiger partial charge in [-0.15, -0.1) is 0 Å². The molecule has 0 bridgehead atoms. The zero-order chi connectivity index (χ0) is 11.8. The summed E-state index contributed by atoms with van der Waals surface area (Å²) in [6.45, 7) is 10.5. The maximum Gasteiger partial charge on any atom is 0.0110 e. The van der Waals surface area contributed by atoms with Crippen molar-refractivity contribution in [1.82, 2.24) is 10.2 Å². The maximum absolute atomic E-state index is 3.67. The Kier molecular flexibility index (Phi) is 7.06. The first-order valence-electron chi connectivity index (χ1n) is 7.29. The third-order valence-corrected chi connectivity index (χ3v) is 4.06. The molecule has 1 N–H and O–H groups in total. The molecular formula is C14H30N2. The van der Waals surface area contributed by atoms with Crippen molar-refractivity contribution in [2.75, 3.05) is 19.6 Å². The van der Waals surface area contributed by atoms with E-state index in [0.29, 0.717) is 0 Å². The van der Waals surface area contributed by atoms with Crippen LogP contribution in [0.5, 0.6) is 0 Å². The van der Waals surface area contributed by atoms with Gasteiger partial charge < -0.3 is 5.32 Å². The molecule has 0 atom stereocenters. The van der Waals surface area contributed by atoms with Crippen molar-refractivity contribution in [2.45, 2.75) is 71.4 Å². The van der Waals surface area contributed by atoms with Crippen molar-refractivity contribution in [1.29, 1.82) is 0 Å². The summed E-state index contributed by atoms with van der Waals surface area (Å²) in [5.74, 6) is 0. The zero-order valence-corrected chi connectivity index (χ0v) is 11.5. The maximum atomic E-state index is 3.67. The van der Waals surface area contributed by atoms with Crippen LogP contribution in [0.4, 0.5) is 0 Å². The summed E-state index contributed by atoms with van der Waals surface area (Å²) in [5, 5.41) is 3.67. The van der Waals surface area contributed by atoms with Crippen LogP contribution in [-0.2, 0) is 0 Å². The van der Waals surface area contributed by atoms with E-state index in [9.17, 15) is 0 Å². The molecule has 0 amide bonds. The Bertz CT molecular complexity index is 160. The number of likely N-dealkylation sites (N-methyl/N-ethyl adjacent to an activating group) is 1. The number of hydrogen-bond acceptors (Lipinski definition) is 2. The average Bonchev–Trinajstić information content (AvgIpc) is 2.83. The van der Waals surface area contributed by atoms with E-state index in [2.05, 4.69) is 31.0 Å². The molecule has 2 nitrogen and oxygen atoms in total. The highest BCUT2D eigenvalue weighted by Crippen LogP contribution is 2.22. The highest BCUT2D eigenvalue weighted by atomic mass is 15.2. The Balaban J connectivity index is 2.17. The molecule has 0 saturated heterocycles. The molecule has 0 aromatic heterocycles. The van der Waals surface area contributed by atoms with E-state index in [1.54, 1.807) is 0 Å². The van der Waals surface area contributed by atoms with Crippen LogP contribution in [0.15, 0.2) is 0 Å². The molecule has 1 aliphatic rings. The monoisotopic (exact) mass is 226 g/mol.